The van der Waals surface area contributed by atoms with Gasteiger partial charge in [0.15, 0.2) is 9.84 Å². The van der Waals surface area contributed by atoms with Crippen LogP contribution in [0.1, 0.15) is 31.7 Å². The van der Waals surface area contributed by atoms with Crippen LogP contribution in [0.5, 0.6) is 0 Å². The largest absolute Gasteiger partial charge is 0.378 e. The quantitative estimate of drug-likeness (QED) is 0.904. The Bertz CT molecular complexity index is 525. The Hall–Kier alpha value is -0.910. The summed E-state index contributed by atoms with van der Waals surface area (Å²) in [6.45, 7) is 3.74. The molecular formula is C15H23NO3S. The second-order valence-electron chi connectivity index (χ2n) is 5.42. The van der Waals surface area contributed by atoms with Gasteiger partial charge in [0.05, 0.1) is 11.0 Å². The molecule has 1 saturated heterocycles. The van der Waals surface area contributed by atoms with Crippen molar-refractivity contribution in [3.8, 4) is 0 Å². The molecule has 4 nitrogen and oxygen atoms in total. The van der Waals surface area contributed by atoms with Crippen molar-refractivity contribution >= 4 is 9.84 Å². The number of benzene rings is 1. The van der Waals surface area contributed by atoms with Crippen LogP contribution in [-0.2, 0) is 21.1 Å². The van der Waals surface area contributed by atoms with Crippen molar-refractivity contribution < 1.29 is 13.2 Å². The van der Waals surface area contributed by atoms with E-state index < -0.39 is 9.84 Å². The van der Waals surface area contributed by atoms with Crippen LogP contribution in [0.15, 0.2) is 29.2 Å². The van der Waals surface area contributed by atoms with Crippen LogP contribution in [0.3, 0.4) is 0 Å². The fraction of sp³-hybridized carbons (Fsp3) is 0.600. The first-order valence-electron chi connectivity index (χ1n) is 7.13. The summed E-state index contributed by atoms with van der Waals surface area (Å²) in [5.41, 5.74) is 1.11. The highest BCUT2D eigenvalue weighted by molar-refractivity contribution is 7.90. The van der Waals surface area contributed by atoms with Crippen molar-refractivity contribution in [1.29, 1.82) is 0 Å². The Kier molecular flexibility index (Phi) is 5.18. The van der Waals surface area contributed by atoms with E-state index in [-0.39, 0.29) is 0 Å². The molecule has 2 rings (SSSR count). The maximum absolute atomic E-state index is 11.4. The highest BCUT2D eigenvalue weighted by Crippen LogP contribution is 2.17. The van der Waals surface area contributed by atoms with Crippen molar-refractivity contribution in [1.82, 2.24) is 5.32 Å². The van der Waals surface area contributed by atoms with Gasteiger partial charge in [-0.2, -0.15) is 0 Å². The summed E-state index contributed by atoms with van der Waals surface area (Å²) in [6, 6.07) is 7.58. The zero-order valence-electron chi connectivity index (χ0n) is 12.1. The van der Waals surface area contributed by atoms with Crippen LogP contribution in [-0.4, -0.2) is 33.4 Å². The second-order valence-corrected chi connectivity index (χ2v) is 7.44. The van der Waals surface area contributed by atoms with Gasteiger partial charge in [0.1, 0.15) is 0 Å². The Morgan fingerprint density at radius 2 is 2.00 bits per heavy atom. The molecule has 0 amide bonds. The van der Waals surface area contributed by atoms with E-state index >= 15 is 0 Å². The van der Waals surface area contributed by atoms with Crippen molar-refractivity contribution in [2.45, 2.75) is 49.8 Å². The summed E-state index contributed by atoms with van der Waals surface area (Å²) < 4.78 is 28.4. The molecule has 0 aliphatic carbocycles. The van der Waals surface area contributed by atoms with Gasteiger partial charge in [0.25, 0.3) is 0 Å². The smallest absolute Gasteiger partial charge is 0.175 e. The summed E-state index contributed by atoms with van der Waals surface area (Å²) in [4.78, 5) is 0.373. The van der Waals surface area contributed by atoms with Crippen molar-refractivity contribution in [3.05, 3.63) is 29.8 Å². The lowest BCUT2D eigenvalue weighted by molar-refractivity contribution is -0.000319. The Morgan fingerprint density at radius 1 is 1.30 bits per heavy atom. The van der Waals surface area contributed by atoms with Gasteiger partial charge in [0, 0.05) is 25.4 Å². The highest BCUT2D eigenvalue weighted by Gasteiger charge is 2.20. The lowest BCUT2D eigenvalue weighted by atomic mass is 10.0. The molecule has 0 spiro atoms. The molecule has 112 valence electrons. The van der Waals surface area contributed by atoms with Crippen molar-refractivity contribution in [2.24, 2.45) is 0 Å². The van der Waals surface area contributed by atoms with E-state index in [1.165, 1.54) is 6.26 Å². The normalized spacial score (nSPS) is 23.7. The van der Waals surface area contributed by atoms with E-state index in [2.05, 4.69) is 12.2 Å². The predicted molar refractivity (Wildman–Crippen MR) is 79.4 cm³/mol. The topological polar surface area (TPSA) is 55.4 Å². The predicted octanol–water partition coefficient (Wildman–Crippen LogP) is 2.14. The molecule has 1 N–H and O–H groups in total. The molecule has 2 unspecified atom stereocenters. The van der Waals surface area contributed by atoms with Gasteiger partial charge in [0.2, 0.25) is 0 Å². The SMILES string of the molecule is CCC1CC(NCc2ccc(S(C)(=O)=O)cc2)CCO1. The van der Waals surface area contributed by atoms with Crippen LogP contribution in [0.4, 0.5) is 0 Å². The maximum Gasteiger partial charge on any atom is 0.175 e. The van der Waals surface area contributed by atoms with E-state index in [0.29, 0.717) is 17.0 Å². The standard InChI is InChI=1S/C15H23NO3S/c1-3-14-10-13(8-9-19-14)16-11-12-4-6-15(7-5-12)20(2,17)18/h4-7,13-14,16H,3,8-11H2,1-2H3. The average Bonchev–Trinajstić information content (AvgIpc) is 2.45. The lowest BCUT2D eigenvalue weighted by Crippen LogP contribution is -2.38. The second kappa shape index (κ2) is 6.70. The number of hydrogen-bond acceptors (Lipinski definition) is 4. The molecule has 0 saturated carbocycles. The zero-order valence-corrected chi connectivity index (χ0v) is 12.9. The molecule has 2 atom stereocenters. The van der Waals surface area contributed by atoms with Crippen molar-refractivity contribution in [2.75, 3.05) is 12.9 Å². The molecule has 1 aliphatic rings. The lowest BCUT2D eigenvalue weighted by Gasteiger charge is -2.29. The average molecular weight is 297 g/mol. The van der Waals surface area contributed by atoms with Gasteiger partial charge in [-0.15, -0.1) is 0 Å². The van der Waals surface area contributed by atoms with Gasteiger partial charge >= 0.3 is 0 Å². The summed E-state index contributed by atoms with van der Waals surface area (Å²) in [6.07, 6.45) is 4.75. The molecule has 1 fully saturated rings. The maximum atomic E-state index is 11.4. The van der Waals surface area contributed by atoms with Crippen LogP contribution in [0.2, 0.25) is 0 Å². The Labute approximate surface area is 121 Å². The van der Waals surface area contributed by atoms with Crippen molar-refractivity contribution in [3.63, 3.8) is 0 Å². The Morgan fingerprint density at radius 3 is 2.60 bits per heavy atom. The molecule has 5 heteroatoms. The fourth-order valence-electron chi connectivity index (χ4n) is 2.47. The molecule has 0 radical (unpaired) electrons. The number of hydrogen-bond donors (Lipinski definition) is 1. The highest BCUT2D eigenvalue weighted by atomic mass is 32.2. The van der Waals surface area contributed by atoms with Crippen LogP contribution in [0, 0.1) is 0 Å². The van der Waals surface area contributed by atoms with Crippen LogP contribution >= 0.6 is 0 Å². The summed E-state index contributed by atoms with van der Waals surface area (Å²) >= 11 is 0. The van der Waals surface area contributed by atoms with Crippen LogP contribution in [0.25, 0.3) is 0 Å². The number of rotatable bonds is 5. The van der Waals surface area contributed by atoms with E-state index in [1.54, 1.807) is 12.1 Å². The van der Waals surface area contributed by atoms with E-state index in [0.717, 1.165) is 38.0 Å². The molecule has 1 aromatic carbocycles. The summed E-state index contributed by atoms with van der Waals surface area (Å²) in [5.74, 6) is 0. The molecule has 0 bridgehead atoms. The number of nitrogens with one attached hydrogen (secondary N) is 1. The number of ether oxygens (including phenoxy) is 1. The van der Waals surface area contributed by atoms with Crippen LogP contribution < -0.4 is 5.32 Å². The first-order valence-corrected chi connectivity index (χ1v) is 9.02. The summed E-state index contributed by atoms with van der Waals surface area (Å²) in [5, 5.41) is 3.53. The third kappa shape index (κ3) is 4.30. The third-order valence-corrected chi connectivity index (χ3v) is 4.90. The summed E-state index contributed by atoms with van der Waals surface area (Å²) in [7, 11) is -3.10. The van der Waals surface area contributed by atoms with E-state index in [9.17, 15) is 8.42 Å². The first-order chi connectivity index (χ1) is 9.49. The molecule has 20 heavy (non-hydrogen) atoms. The van der Waals surface area contributed by atoms with Gasteiger partial charge in [-0.25, -0.2) is 8.42 Å². The monoisotopic (exact) mass is 297 g/mol. The fourth-order valence-corrected chi connectivity index (χ4v) is 3.10. The van der Waals surface area contributed by atoms with Gasteiger partial charge in [-0.05, 0) is 37.0 Å². The number of sulfone groups is 1. The molecular weight excluding hydrogens is 274 g/mol. The third-order valence-electron chi connectivity index (χ3n) is 3.77. The zero-order chi connectivity index (χ0) is 14.6. The van der Waals surface area contributed by atoms with E-state index in [1.807, 2.05) is 12.1 Å². The minimum Gasteiger partial charge on any atom is -0.378 e. The van der Waals surface area contributed by atoms with Gasteiger partial charge < -0.3 is 10.1 Å². The minimum absolute atomic E-state index is 0.369. The molecule has 1 heterocycles. The minimum atomic E-state index is -3.10. The Balaban J connectivity index is 1.88. The first kappa shape index (κ1) is 15.5. The van der Waals surface area contributed by atoms with E-state index in [4.69, 9.17) is 4.74 Å². The molecule has 0 aromatic heterocycles. The van der Waals surface area contributed by atoms with Gasteiger partial charge in [-0.3, -0.25) is 0 Å². The van der Waals surface area contributed by atoms with Gasteiger partial charge in [-0.1, -0.05) is 19.1 Å². The molecule has 1 aromatic rings. The molecule has 1 aliphatic heterocycles.